The van der Waals surface area contributed by atoms with Crippen LogP contribution in [0, 0.1) is 0 Å². The van der Waals surface area contributed by atoms with Gasteiger partial charge < -0.3 is 19.7 Å². The number of carboxylic acids is 1. The standard InChI is InChI=1S/C26H20BrNO7/c1-34-19-11-8-15(13-20(19)35-2)22-21(23(29)14-6-9-17(27)10-7-14)24(30)25(31)28(22)18-5-3-4-16(12-18)26(32)33/h3-13,22,29H,1-2H3,(H,32,33)/t22-/m0/s1. The lowest BCUT2D eigenvalue weighted by Gasteiger charge is -2.26. The van der Waals surface area contributed by atoms with Gasteiger partial charge in [-0.15, -0.1) is 0 Å². The van der Waals surface area contributed by atoms with E-state index in [9.17, 15) is 24.6 Å². The molecular formula is C26H20BrNO7. The monoisotopic (exact) mass is 537 g/mol. The van der Waals surface area contributed by atoms with Gasteiger partial charge in [-0.3, -0.25) is 14.5 Å². The van der Waals surface area contributed by atoms with Crippen LogP contribution in [-0.2, 0) is 9.59 Å². The first-order valence-electron chi connectivity index (χ1n) is 10.4. The number of halogens is 1. The second-order valence-corrected chi connectivity index (χ2v) is 8.56. The number of Topliss-reactive ketones (excluding diaryl/α,β-unsaturated/α-hetero) is 1. The smallest absolute Gasteiger partial charge is 0.335 e. The Bertz CT molecular complexity index is 1360. The van der Waals surface area contributed by atoms with Gasteiger partial charge in [0.05, 0.1) is 31.4 Å². The summed E-state index contributed by atoms with van der Waals surface area (Å²) in [6, 6.07) is 16.2. The number of aliphatic hydroxyl groups is 1. The van der Waals surface area contributed by atoms with Crippen molar-refractivity contribution in [2.45, 2.75) is 6.04 Å². The molecule has 35 heavy (non-hydrogen) atoms. The molecule has 1 aliphatic rings. The number of hydrogen-bond acceptors (Lipinski definition) is 6. The zero-order valence-corrected chi connectivity index (χ0v) is 20.3. The highest BCUT2D eigenvalue weighted by molar-refractivity contribution is 9.10. The number of rotatable bonds is 6. The number of benzene rings is 3. The SMILES string of the molecule is COc1ccc([C@H]2C(=C(O)c3ccc(Br)cc3)C(=O)C(=O)N2c2cccc(C(=O)O)c2)cc1OC. The van der Waals surface area contributed by atoms with Crippen LogP contribution in [-0.4, -0.2) is 42.1 Å². The Morgan fingerprint density at radius 2 is 1.57 bits per heavy atom. The summed E-state index contributed by atoms with van der Waals surface area (Å²) in [5.74, 6) is -2.53. The minimum Gasteiger partial charge on any atom is -0.507 e. The summed E-state index contributed by atoms with van der Waals surface area (Å²) in [5, 5.41) is 20.6. The minimum absolute atomic E-state index is 0.0524. The largest absolute Gasteiger partial charge is 0.507 e. The van der Waals surface area contributed by atoms with E-state index in [1.54, 1.807) is 42.5 Å². The fourth-order valence-corrected chi connectivity index (χ4v) is 4.25. The first-order valence-corrected chi connectivity index (χ1v) is 11.2. The molecule has 0 unspecified atom stereocenters. The van der Waals surface area contributed by atoms with Crippen LogP contribution in [0.2, 0.25) is 0 Å². The van der Waals surface area contributed by atoms with Crippen molar-refractivity contribution in [3.05, 3.63) is 93.5 Å². The molecule has 1 amide bonds. The number of nitrogens with zero attached hydrogens (tertiary/aromatic N) is 1. The third kappa shape index (κ3) is 4.38. The van der Waals surface area contributed by atoms with E-state index in [0.717, 1.165) is 4.47 Å². The molecule has 2 N–H and O–H groups in total. The number of hydrogen-bond donors (Lipinski definition) is 2. The molecule has 1 saturated heterocycles. The summed E-state index contributed by atoms with van der Waals surface area (Å²) in [6.45, 7) is 0. The lowest BCUT2D eigenvalue weighted by Crippen LogP contribution is -2.29. The average molecular weight is 538 g/mol. The highest BCUT2D eigenvalue weighted by atomic mass is 79.9. The predicted octanol–water partition coefficient (Wildman–Crippen LogP) is 4.79. The van der Waals surface area contributed by atoms with Crippen molar-refractivity contribution in [1.82, 2.24) is 0 Å². The topological polar surface area (TPSA) is 113 Å². The molecule has 0 aliphatic carbocycles. The van der Waals surface area contributed by atoms with Crippen molar-refractivity contribution in [2.24, 2.45) is 0 Å². The number of anilines is 1. The van der Waals surface area contributed by atoms with Gasteiger partial charge in [-0.2, -0.15) is 0 Å². The second kappa shape index (κ2) is 9.63. The fraction of sp³-hybridized carbons (Fsp3) is 0.115. The summed E-state index contributed by atoms with van der Waals surface area (Å²) in [6.07, 6.45) is 0. The number of carbonyl (C=O) groups excluding carboxylic acids is 2. The number of aromatic carboxylic acids is 1. The van der Waals surface area contributed by atoms with Crippen molar-refractivity contribution in [3.8, 4) is 11.5 Å². The van der Waals surface area contributed by atoms with E-state index in [2.05, 4.69) is 15.9 Å². The van der Waals surface area contributed by atoms with Crippen LogP contribution in [0.5, 0.6) is 11.5 Å². The van der Waals surface area contributed by atoms with Gasteiger partial charge in [-0.1, -0.05) is 40.2 Å². The van der Waals surface area contributed by atoms with Crippen molar-refractivity contribution in [2.75, 3.05) is 19.1 Å². The first kappa shape index (κ1) is 24.0. The van der Waals surface area contributed by atoms with E-state index >= 15 is 0 Å². The number of methoxy groups -OCH3 is 2. The maximum Gasteiger partial charge on any atom is 0.335 e. The fourth-order valence-electron chi connectivity index (χ4n) is 3.99. The molecule has 8 nitrogen and oxygen atoms in total. The van der Waals surface area contributed by atoms with E-state index in [1.807, 2.05) is 0 Å². The van der Waals surface area contributed by atoms with Gasteiger partial charge in [0.1, 0.15) is 5.76 Å². The maximum absolute atomic E-state index is 13.3. The Morgan fingerprint density at radius 1 is 0.886 bits per heavy atom. The third-order valence-corrected chi connectivity index (χ3v) is 6.19. The number of aliphatic hydroxyl groups excluding tert-OH is 1. The van der Waals surface area contributed by atoms with Crippen LogP contribution < -0.4 is 14.4 Å². The first-order chi connectivity index (χ1) is 16.8. The van der Waals surface area contributed by atoms with E-state index in [1.165, 1.54) is 43.4 Å². The summed E-state index contributed by atoms with van der Waals surface area (Å²) < 4.78 is 11.5. The summed E-state index contributed by atoms with van der Waals surface area (Å²) >= 11 is 3.34. The number of ether oxygens (including phenoxy) is 2. The van der Waals surface area contributed by atoms with Crippen LogP contribution in [0.1, 0.15) is 27.5 Å². The van der Waals surface area contributed by atoms with Crippen LogP contribution >= 0.6 is 15.9 Å². The number of amides is 1. The summed E-state index contributed by atoms with van der Waals surface area (Å²) in [7, 11) is 2.94. The van der Waals surface area contributed by atoms with Gasteiger partial charge >= 0.3 is 5.97 Å². The van der Waals surface area contributed by atoms with Gasteiger partial charge in [-0.25, -0.2) is 4.79 Å². The van der Waals surface area contributed by atoms with Gasteiger partial charge in [0.25, 0.3) is 11.7 Å². The van der Waals surface area contributed by atoms with Gasteiger partial charge in [-0.05, 0) is 48.0 Å². The summed E-state index contributed by atoms with van der Waals surface area (Å²) in [4.78, 5) is 39.3. The Kier molecular flexibility index (Phi) is 6.61. The molecule has 4 rings (SSSR count). The lowest BCUT2D eigenvalue weighted by atomic mass is 9.94. The molecule has 3 aromatic rings. The molecular weight excluding hydrogens is 518 g/mol. The minimum atomic E-state index is -1.18. The number of ketones is 1. The van der Waals surface area contributed by atoms with Gasteiger partial charge in [0, 0.05) is 15.7 Å². The van der Waals surface area contributed by atoms with Gasteiger partial charge in [0.2, 0.25) is 0 Å². The Balaban J connectivity index is 1.98. The quantitative estimate of drug-likeness (QED) is 0.264. The number of carbonyl (C=O) groups is 3. The van der Waals surface area contributed by atoms with Crippen molar-refractivity contribution in [3.63, 3.8) is 0 Å². The van der Waals surface area contributed by atoms with Crippen LogP contribution in [0.25, 0.3) is 5.76 Å². The molecule has 0 spiro atoms. The highest BCUT2D eigenvalue weighted by Gasteiger charge is 2.47. The zero-order valence-electron chi connectivity index (χ0n) is 18.7. The lowest BCUT2D eigenvalue weighted by molar-refractivity contribution is -0.132. The third-order valence-electron chi connectivity index (χ3n) is 5.66. The highest BCUT2D eigenvalue weighted by Crippen LogP contribution is 2.44. The number of carboxylic acid groups (broad SMARTS) is 1. The van der Waals surface area contributed by atoms with Crippen LogP contribution in [0.15, 0.2) is 76.8 Å². The van der Waals surface area contributed by atoms with E-state index < -0.39 is 23.7 Å². The van der Waals surface area contributed by atoms with Crippen molar-refractivity contribution < 1.29 is 34.1 Å². The molecule has 0 aromatic heterocycles. The van der Waals surface area contributed by atoms with E-state index in [0.29, 0.717) is 22.6 Å². The Labute approximate surface area is 209 Å². The second-order valence-electron chi connectivity index (χ2n) is 7.65. The molecule has 1 fully saturated rings. The van der Waals surface area contributed by atoms with Gasteiger partial charge in [0.15, 0.2) is 11.5 Å². The average Bonchev–Trinajstić information content (AvgIpc) is 3.13. The molecule has 0 saturated carbocycles. The predicted molar refractivity (Wildman–Crippen MR) is 132 cm³/mol. The molecule has 1 aliphatic heterocycles. The van der Waals surface area contributed by atoms with Crippen molar-refractivity contribution in [1.29, 1.82) is 0 Å². The molecule has 1 atom stereocenters. The van der Waals surface area contributed by atoms with Crippen molar-refractivity contribution >= 4 is 45.0 Å². The molecule has 0 radical (unpaired) electrons. The Hall–Kier alpha value is -4.11. The van der Waals surface area contributed by atoms with Crippen LogP contribution in [0.4, 0.5) is 5.69 Å². The van der Waals surface area contributed by atoms with E-state index in [4.69, 9.17) is 9.47 Å². The normalized spacial score (nSPS) is 16.9. The summed E-state index contributed by atoms with van der Waals surface area (Å²) in [5.41, 5.74) is 0.812. The molecule has 178 valence electrons. The molecule has 0 bridgehead atoms. The molecule has 9 heteroatoms. The Morgan fingerprint density at radius 3 is 2.20 bits per heavy atom. The van der Waals surface area contributed by atoms with Crippen LogP contribution in [0.3, 0.4) is 0 Å². The maximum atomic E-state index is 13.3. The molecule has 3 aromatic carbocycles. The molecule has 1 heterocycles. The van der Waals surface area contributed by atoms with E-state index in [-0.39, 0.29) is 22.6 Å². The zero-order chi connectivity index (χ0) is 25.3.